The maximum absolute atomic E-state index is 3.58. The molecule has 1 atom stereocenters. The Balaban J connectivity index is 1.59. The van der Waals surface area contributed by atoms with Crippen molar-refractivity contribution in [3.8, 4) is 0 Å². The van der Waals surface area contributed by atoms with Crippen molar-refractivity contribution in [3.63, 3.8) is 0 Å². The molecule has 2 heteroatoms. The van der Waals surface area contributed by atoms with Gasteiger partial charge in [-0.05, 0) is 38.3 Å². The van der Waals surface area contributed by atoms with E-state index in [1.165, 1.54) is 38.9 Å². The van der Waals surface area contributed by atoms with E-state index >= 15 is 0 Å². The molecule has 2 fully saturated rings. The van der Waals surface area contributed by atoms with Crippen molar-refractivity contribution in [2.24, 2.45) is 5.92 Å². The van der Waals surface area contributed by atoms with Gasteiger partial charge in [0.2, 0.25) is 0 Å². The normalized spacial score (nSPS) is 33.0. The number of nitrogens with one attached hydrogen (secondary N) is 2. The first kappa shape index (κ1) is 6.62. The number of rotatable bonds is 3. The fourth-order valence-electron chi connectivity index (χ4n) is 1.48. The van der Waals surface area contributed by atoms with Crippen molar-refractivity contribution in [2.45, 2.75) is 25.3 Å². The van der Waals surface area contributed by atoms with Gasteiger partial charge in [0.15, 0.2) is 0 Å². The first-order valence-corrected chi connectivity index (χ1v) is 4.39. The van der Waals surface area contributed by atoms with Gasteiger partial charge in [-0.2, -0.15) is 0 Å². The van der Waals surface area contributed by atoms with Crippen LogP contribution in [0.15, 0.2) is 0 Å². The molecule has 2 N–H and O–H groups in total. The molecule has 58 valence electrons. The van der Waals surface area contributed by atoms with Crippen LogP contribution in [-0.4, -0.2) is 25.7 Å². The smallest absolute Gasteiger partial charge is 0.0204 e. The zero-order valence-corrected chi connectivity index (χ0v) is 6.40. The summed E-state index contributed by atoms with van der Waals surface area (Å²) in [7, 11) is 0. The lowest BCUT2D eigenvalue weighted by molar-refractivity contribution is 0.527. The first-order valence-electron chi connectivity index (χ1n) is 4.39. The predicted molar refractivity (Wildman–Crippen MR) is 42.0 cm³/mol. The summed E-state index contributed by atoms with van der Waals surface area (Å²) in [5, 5.41) is 6.93. The molecular formula is C8H16N2. The molecule has 0 radical (unpaired) electrons. The van der Waals surface area contributed by atoms with Crippen LogP contribution in [0.1, 0.15) is 19.3 Å². The Morgan fingerprint density at radius 3 is 2.80 bits per heavy atom. The molecule has 1 aliphatic heterocycles. The molecule has 0 spiro atoms. The summed E-state index contributed by atoms with van der Waals surface area (Å²) in [6.07, 6.45) is 4.26. The molecule has 1 heterocycles. The van der Waals surface area contributed by atoms with Crippen LogP contribution in [0, 0.1) is 5.92 Å². The lowest BCUT2D eigenvalue weighted by Crippen LogP contribution is -2.32. The molecular weight excluding hydrogens is 124 g/mol. The third-order valence-corrected chi connectivity index (χ3v) is 2.45. The Labute approximate surface area is 62.4 Å². The highest BCUT2D eigenvalue weighted by Crippen LogP contribution is 2.27. The molecule has 0 aromatic carbocycles. The molecule has 1 aliphatic carbocycles. The van der Waals surface area contributed by atoms with Gasteiger partial charge in [0, 0.05) is 12.6 Å². The highest BCUT2D eigenvalue weighted by molar-refractivity contribution is 4.82. The third-order valence-electron chi connectivity index (χ3n) is 2.45. The monoisotopic (exact) mass is 140 g/mol. The molecule has 10 heavy (non-hydrogen) atoms. The summed E-state index contributed by atoms with van der Waals surface area (Å²) in [5.41, 5.74) is 0. The largest absolute Gasteiger partial charge is 0.315 e. The van der Waals surface area contributed by atoms with Crippen LogP contribution >= 0.6 is 0 Å². The highest BCUT2D eigenvalue weighted by atomic mass is 15.0. The molecule has 0 amide bonds. The maximum Gasteiger partial charge on any atom is 0.0204 e. The summed E-state index contributed by atoms with van der Waals surface area (Å²) in [5.74, 6) is 1.03. The van der Waals surface area contributed by atoms with Crippen LogP contribution < -0.4 is 10.6 Å². The van der Waals surface area contributed by atoms with Gasteiger partial charge < -0.3 is 10.6 Å². The SMILES string of the molecule is C1C[C@@H](NCC2CC2)CN1. The lowest BCUT2D eigenvalue weighted by Gasteiger charge is -2.09. The maximum atomic E-state index is 3.58. The van der Waals surface area contributed by atoms with E-state index in [0.29, 0.717) is 0 Å². The molecule has 2 rings (SSSR count). The van der Waals surface area contributed by atoms with Crippen molar-refractivity contribution in [3.05, 3.63) is 0 Å². The topological polar surface area (TPSA) is 24.1 Å². The second-order valence-corrected chi connectivity index (χ2v) is 3.54. The summed E-state index contributed by atoms with van der Waals surface area (Å²) < 4.78 is 0. The van der Waals surface area contributed by atoms with E-state index in [0.717, 1.165) is 12.0 Å². The lowest BCUT2D eigenvalue weighted by atomic mass is 10.2. The minimum atomic E-state index is 0.778. The average molecular weight is 140 g/mol. The first-order chi connectivity index (χ1) is 4.95. The van der Waals surface area contributed by atoms with E-state index in [9.17, 15) is 0 Å². The Hall–Kier alpha value is -0.0800. The van der Waals surface area contributed by atoms with Crippen molar-refractivity contribution >= 4 is 0 Å². The molecule has 0 aromatic rings. The van der Waals surface area contributed by atoms with E-state index in [1.807, 2.05) is 0 Å². The van der Waals surface area contributed by atoms with Crippen molar-refractivity contribution in [1.82, 2.24) is 10.6 Å². The second kappa shape index (κ2) is 2.89. The second-order valence-electron chi connectivity index (χ2n) is 3.54. The van der Waals surface area contributed by atoms with E-state index in [2.05, 4.69) is 10.6 Å². The van der Waals surface area contributed by atoms with Crippen molar-refractivity contribution in [2.75, 3.05) is 19.6 Å². The average Bonchev–Trinajstić information content (AvgIpc) is 2.63. The van der Waals surface area contributed by atoms with E-state index < -0.39 is 0 Å². The van der Waals surface area contributed by atoms with Crippen LogP contribution in [-0.2, 0) is 0 Å². The molecule has 1 saturated carbocycles. The van der Waals surface area contributed by atoms with Crippen LogP contribution in [0.25, 0.3) is 0 Å². The summed E-state index contributed by atoms with van der Waals surface area (Å²) in [6, 6.07) is 0.778. The number of hydrogen-bond donors (Lipinski definition) is 2. The summed E-state index contributed by atoms with van der Waals surface area (Å²) in [6.45, 7) is 3.67. The molecule has 2 aliphatic rings. The van der Waals surface area contributed by atoms with Gasteiger partial charge in [-0.1, -0.05) is 0 Å². The van der Waals surface area contributed by atoms with Gasteiger partial charge in [0.1, 0.15) is 0 Å². The zero-order valence-electron chi connectivity index (χ0n) is 6.40. The minimum Gasteiger partial charge on any atom is -0.315 e. The fraction of sp³-hybridized carbons (Fsp3) is 1.00. The Morgan fingerprint density at radius 1 is 1.30 bits per heavy atom. The van der Waals surface area contributed by atoms with E-state index in [-0.39, 0.29) is 0 Å². The van der Waals surface area contributed by atoms with Crippen LogP contribution in [0.2, 0.25) is 0 Å². The Kier molecular flexibility index (Phi) is 1.91. The van der Waals surface area contributed by atoms with Gasteiger partial charge in [0.25, 0.3) is 0 Å². The van der Waals surface area contributed by atoms with Crippen molar-refractivity contribution in [1.29, 1.82) is 0 Å². The highest BCUT2D eigenvalue weighted by Gasteiger charge is 2.22. The summed E-state index contributed by atoms with van der Waals surface area (Å²) in [4.78, 5) is 0. The van der Waals surface area contributed by atoms with Crippen molar-refractivity contribution < 1.29 is 0 Å². The van der Waals surface area contributed by atoms with Gasteiger partial charge in [-0.25, -0.2) is 0 Å². The van der Waals surface area contributed by atoms with E-state index in [1.54, 1.807) is 0 Å². The zero-order chi connectivity index (χ0) is 6.81. The minimum absolute atomic E-state index is 0.778. The Morgan fingerprint density at radius 2 is 2.20 bits per heavy atom. The van der Waals surface area contributed by atoms with Crippen LogP contribution in [0.5, 0.6) is 0 Å². The molecule has 0 unspecified atom stereocenters. The van der Waals surface area contributed by atoms with Crippen LogP contribution in [0.4, 0.5) is 0 Å². The van der Waals surface area contributed by atoms with Gasteiger partial charge in [-0.15, -0.1) is 0 Å². The Bertz CT molecular complexity index is 104. The standard InChI is InChI=1S/C8H16N2/c1-2-7(1)5-10-8-3-4-9-6-8/h7-10H,1-6H2/t8-/m1/s1. The predicted octanol–water partition coefficient (Wildman–Crippen LogP) is 0.348. The number of hydrogen-bond acceptors (Lipinski definition) is 2. The third kappa shape index (κ3) is 1.70. The fourth-order valence-corrected chi connectivity index (χ4v) is 1.48. The van der Waals surface area contributed by atoms with E-state index in [4.69, 9.17) is 0 Å². The van der Waals surface area contributed by atoms with Gasteiger partial charge >= 0.3 is 0 Å². The quantitative estimate of drug-likeness (QED) is 0.591. The van der Waals surface area contributed by atoms with Gasteiger partial charge in [-0.3, -0.25) is 0 Å². The molecule has 1 saturated heterocycles. The summed E-state index contributed by atoms with van der Waals surface area (Å²) >= 11 is 0. The van der Waals surface area contributed by atoms with Gasteiger partial charge in [0.05, 0.1) is 0 Å². The van der Waals surface area contributed by atoms with Crippen LogP contribution in [0.3, 0.4) is 0 Å². The molecule has 2 nitrogen and oxygen atoms in total. The molecule has 0 bridgehead atoms. The molecule has 0 aromatic heterocycles.